The van der Waals surface area contributed by atoms with E-state index < -0.39 is 5.82 Å². The quantitative estimate of drug-likeness (QED) is 0.673. The van der Waals surface area contributed by atoms with Crippen molar-refractivity contribution in [2.45, 2.75) is 11.8 Å². The monoisotopic (exact) mass is 311 g/mol. The van der Waals surface area contributed by atoms with Crippen LogP contribution in [0.4, 0.5) is 10.1 Å². The SMILES string of the molecule is CC(=O)N1CCN(C(=O)CSc2cc(N)cc(F)c2)CC1. The summed E-state index contributed by atoms with van der Waals surface area (Å²) in [5.41, 5.74) is 5.91. The molecule has 1 aromatic carbocycles. The minimum absolute atomic E-state index is 0.00830. The molecular formula is C14H18FN3O2S. The Morgan fingerprint density at radius 3 is 2.38 bits per heavy atom. The summed E-state index contributed by atoms with van der Waals surface area (Å²) >= 11 is 1.27. The zero-order valence-corrected chi connectivity index (χ0v) is 12.7. The van der Waals surface area contributed by atoms with Crippen molar-refractivity contribution in [3.63, 3.8) is 0 Å². The first kappa shape index (κ1) is 15.6. The van der Waals surface area contributed by atoms with E-state index in [2.05, 4.69) is 0 Å². The van der Waals surface area contributed by atoms with Crippen molar-refractivity contribution >= 4 is 29.3 Å². The van der Waals surface area contributed by atoms with Gasteiger partial charge in [0.05, 0.1) is 5.75 Å². The molecule has 7 heteroatoms. The molecule has 2 rings (SSSR count). The van der Waals surface area contributed by atoms with Gasteiger partial charge in [0.2, 0.25) is 11.8 Å². The first-order valence-electron chi connectivity index (χ1n) is 6.68. The first-order valence-corrected chi connectivity index (χ1v) is 7.66. The Balaban J connectivity index is 1.84. The van der Waals surface area contributed by atoms with Crippen LogP contribution in [-0.2, 0) is 9.59 Å². The van der Waals surface area contributed by atoms with Gasteiger partial charge < -0.3 is 15.5 Å². The van der Waals surface area contributed by atoms with Gasteiger partial charge in [0.15, 0.2) is 0 Å². The summed E-state index contributed by atoms with van der Waals surface area (Å²) < 4.78 is 13.2. The molecule has 1 saturated heterocycles. The van der Waals surface area contributed by atoms with Crippen LogP contribution in [0, 0.1) is 5.82 Å². The molecule has 21 heavy (non-hydrogen) atoms. The molecule has 0 saturated carbocycles. The average molecular weight is 311 g/mol. The third-order valence-corrected chi connectivity index (χ3v) is 4.29. The second-order valence-corrected chi connectivity index (χ2v) is 5.94. The van der Waals surface area contributed by atoms with Gasteiger partial charge in [-0.15, -0.1) is 11.8 Å². The summed E-state index contributed by atoms with van der Waals surface area (Å²) in [6.07, 6.45) is 0. The van der Waals surface area contributed by atoms with Crippen LogP contribution in [0.25, 0.3) is 0 Å². The van der Waals surface area contributed by atoms with Gasteiger partial charge in [-0.25, -0.2) is 4.39 Å². The number of halogens is 1. The summed E-state index contributed by atoms with van der Waals surface area (Å²) in [6.45, 7) is 3.76. The van der Waals surface area contributed by atoms with Crippen LogP contribution in [0.1, 0.15) is 6.92 Å². The Hall–Kier alpha value is -1.76. The van der Waals surface area contributed by atoms with E-state index in [9.17, 15) is 14.0 Å². The third kappa shape index (κ3) is 4.35. The number of amides is 2. The summed E-state index contributed by atoms with van der Waals surface area (Å²) in [4.78, 5) is 27.4. The van der Waals surface area contributed by atoms with E-state index in [1.165, 1.54) is 30.8 Å². The predicted octanol–water partition coefficient (Wildman–Crippen LogP) is 1.19. The lowest BCUT2D eigenvalue weighted by Gasteiger charge is -2.34. The molecule has 2 amide bonds. The predicted molar refractivity (Wildman–Crippen MR) is 80.4 cm³/mol. The van der Waals surface area contributed by atoms with Gasteiger partial charge >= 0.3 is 0 Å². The highest BCUT2D eigenvalue weighted by atomic mass is 32.2. The molecule has 0 aliphatic carbocycles. The topological polar surface area (TPSA) is 66.6 Å². The molecule has 0 bridgehead atoms. The van der Waals surface area contributed by atoms with Gasteiger partial charge in [0.25, 0.3) is 0 Å². The molecule has 114 valence electrons. The number of nitrogens with zero attached hydrogens (tertiary/aromatic N) is 2. The van der Waals surface area contributed by atoms with E-state index in [1.807, 2.05) is 0 Å². The molecule has 1 heterocycles. The van der Waals surface area contributed by atoms with Gasteiger partial charge in [-0.2, -0.15) is 0 Å². The number of benzene rings is 1. The molecule has 0 atom stereocenters. The molecule has 0 radical (unpaired) electrons. The number of hydrogen-bond donors (Lipinski definition) is 1. The fraction of sp³-hybridized carbons (Fsp3) is 0.429. The molecule has 0 spiro atoms. The van der Waals surface area contributed by atoms with Crippen molar-refractivity contribution in [1.82, 2.24) is 9.80 Å². The average Bonchev–Trinajstić information content (AvgIpc) is 2.44. The number of carbonyl (C=O) groups is 2. The Kier molecular flexibility index (Phi) is 5.06. The van der Waals surface area contributed by atoms with Crippen molar-refractivity contribution in [1.29, 1.82) is 0 Å². The van der Waals surface area contributed by atoms with Crippen LogP contribution in [0.2, 0.25) is 0 Å². The zero-order valence-electron chi connectivity index (χ0n) is 11.8. The lowest BCUT2D eigenvalue weighted by molar-refractivity contribution is -0.136. The molecule has 1 aliphatic heterocycles. The Morgan fingerprint density at radius 2 is 1.81 bits per heavy atom. The van der Waals surface area contributed by atoms with E-state index in [4.69, 9.17) is 5.73 Å². The van der Waals surface area contributed by atoms with Crippen molar-refractivity contribution < 1.29 is 14.0 Å². The highest BCUT2D eigenvalue weighted by molar-refractivity contribution is 8.00. The van der Waals surface area contributed by atoms with E-state index in [0.717, 1.165) is 0 Å². The molecule has 0 aromatic heterocycles. The molecule has 1 aliphatic rings. The fourth-order valence-electron chi connectivity index (χ4n) is 2.17. The smallest absolute Gasteiger partial charge is 0.233 e. The molecule has 5 nitrogen and oxygen atoms in total. The number of anilines is 1. The number of carbonyl (C=O) groups excluding carboxylic acids is 2. The number of rotatable bonds is 3. The Morgan fingerprint density at radius 1 is 1.19 bits per heavy atom. The maximum atomic E-state index is 13.2. The number of nitrogen functional groups attached to an aromatic ring is 1. The van der Waals surface area contributed by atoms with Crippen molar-refractivity contribution in [2.75, 3.05) is 37.7 Å². The van der Waals surface area contributed by atoms with E-state index in [-0.39, 0.29) is 17.6 Å². The number of piperazine rings is 1. The first-order chi connectivity index (χ1) is 9.95. The lowest BCUT2D eigenvalue weighted by atomic mass is 10.3. The Bertz CT molecular complexity index is 525. The number of nitrogens with two attached hydrogens (primary N) is 1. The normalized spacial score (nSPS) is 15.1. The van der Waals surface area contributed by atoms with Gasteiger partial charge in [0, 0.05) is 43.7 Å². The summed E-state index contributed by atoms with van der Waals surface area (Å²) in [5.74, 6) is -0.138. The highest BCUT2D eigenvalue weighted by Crippen LogP contribution is 2.22. The van der Waals surface area contributed by atoms with Gasteiger partial charge in [-0.05, 0) is 18.2 Å². The maximum Gasteiger partial charge on any atom is 0.233 e. The largest absolute Gasteiger partial charge is 0.399 e. The minimum atomic E-state index is -0.403. The van der Waals surface area contributed by atoms with Gasteiger partial charge in [-0.1, -0.05) is 0 Å². The highest BCUT2D eigenvalue weighted by Gasteiger charge is 2.22. The second kappa shape index (κ2) is 6.80. The van der Waals surface area contributed by atoms with Crippen LogP contribution >= 0.6 is 11.8 Å². The summed E-state index contributed by atoms with van der Waals surface area (Å²) in [7, 11) is 0. The molecule has 0 unspecified atom stereocenters. The van der Waals surface area contributed by atoms with Gasteiger partial charge in [-0.3, -0.25) is 9.59 Å². The van der Waals surface area contributed by atoms with Crippen LogP contribution < -0.4 is 5.73 Å². The van der Waals surface area contributed by atoms with Crippen LogP contribution in [0.15, 0.2) is 23.1 Å². The van der Waals surface area contributed by atoms with Crippen molar-refractivity contribution in [2.24, 2.45) is 0 Å². The van der Waals surface area contributed by atoms with Crippen LogP contribution in [0.5, 0.6) is 0 Å². The minimum Gasteiger partial charge on any atom is -0.399 e. The van der Waals surface area contributed by atoms with E-state index in [0.29, 0.717) is 36.8 Å². The summed E-state index contributed by atoms with van der Waals surface area (Å²) in [6, 6.07) is 4.25. The van der Waals surface area contributed by atoms with E-state index >= 15 is 0 Å². The molecular weight excluding hydrogens is 293 g/mol. The van der Waals surface area contributed by atoms with Crippen LogP contribution in [-0.4, -0.2) is 53.5 Å². The summed E-state index contributed by atoms with van der Waals surface area (Å²) in [5, 5.41) is 0. The number of hydrogen-bond acceptors (Lipinski definition) is 4. The maximum absolute atomic E-state index is 13.2. The zero-order chi connectivity index (χ0) is 15.4. The second-order valence-electron chi connectivity index (χ2n) is 4.90. The molecule has 1 fully saturated rings. The number of thioether (sulfide) groups is 1. The Labute approximate surface area is 127 Å². The fourth-order valence-corrected chi connectivity index (χ4v) is 3.06. The molecule has 1 aromatic rings. The van der Waals surface area contributed by atoms with Crippen molar-refractivity contribution in [3.05, 3.63) is 24.0 Å². The van der Waals surface area contributed by atoms with Crippen molar-refractivity contribution in [3.8, 4) is 0 Å². The third-order valence-electron chi connectivity index (χ3n) is 3.33. The van der Waals surface area contributed by atoms with Gasteiger partial charge in [0.1, 0.15) is 5.82 Å². The lowest BCUT2D eigenvalue weighted by Crippen LogP contribution is -2.50. The molecule has 2 N–H and O–H groups in total. The van der Waals surface area contributed by atoms with Crippen LogP contribution in [0.3, 0.4) is 0 Å². The standard InChI is InChI=1S/C14H18FN3O2S/c1-10(19)17-2-4-18(5-3-17)14(20)9-21-13-7-11(15)6-12(16)8-13/h6-8H,2-5,9,16H2,1H3. The van der Waals surface area contributed by atoms with E-state index in [1.54, 1.807) is 15.9 Å².